The Labute approximate surface area is 83.6 Å². The number of nitrogens with zero attached hydrogens (tertiary/aromatic N) is 1. The zero-order valence-electron chi connectivity index (χ0n) is 7.75. The summed E-state index contributed by atoms with van der Waals surface area (Å²) in [6.07, 6.45) is -3.59. The van der Waals surface area contributed by atoms with E-state index in [1.807, 2.05) is 0 Å². The van der Waals surface area contributed by atoms with E-state index in [-0.39, 0.29) is 5.56 Å². The Kier molecular flexibility index (Phi) is 2.97. The fourth-order valence-electron chi connectivity index (χ4n) is 1.01. The first-order valence-corrected chi connectivity index (χ1v) is 4.08. The predicted molar refractivity (Wildman–Crippen MR) is 45.3 cm³/mol. The van der Waals surface area contributed by atoms with Gasteiger partial charge in [0, 0.05) is 6.20 Å². The minimum Gasteiger partial charge on any atom is -0.481 e. The van der Waals surface area contributed by atoms with Crippen LogP contribution >= 0.6 is 0 Å². The summed E-state index contributed by atoms with van der Waals surface area (Å²) in [6, 6.07) is 2.01. The molecule has 1 heterocycles. The van der Waals surface area contributed by atoms with Crippen molar-refractivity contribution in [3.8, 4) is 0 Å². The lowest BCUT2D eigenvalue weighted by molar-refractivity contribution is -0.142. The molecular weight excluding hydrogens is 211 g/mol. The average Bonchev–Trinajstić information content (AvgIpc) is 2.15. The van der Waals surface area contributed by atoms with Crippen LogP contribution in [0.2, 0.25) is 0 Å². The van der Waals surface area contributed by atoms with E-state index in [2.05, 4.69) is 4.98 Å². The van der Waals surface area contributed by atoms with Crippen molar-refractivity contribution in [3.63, 3.8) is 0 Å². The molecule has 1 aromatic rings. The molecule has 0 aliphatic rings. The maximum absolute atomic E-state index is 12.2. The summed E-state index contributed by atoms with van der Waals surface area (Å²) >= 11 is 0. The average molecular weight is 219 g/mol. The molecule has 6 heteroatoms. The molecule has 0 radical (unpaired) electrons. The largest absolute Gasteiger partial charge is 0.481 e. The Morgan fingerprint density at radius 2 is 2.13 bits per heavy atom. The number of aliphatic carboxylic acids is 1. The van der Waals surface area contributed by atoms with Crippen molar-refractivity contribution in [1.82, 2.24) is 4.98 Å². The predicted octanol–water partition coefficient (Wildman–Crippen LogP) is 2.29. The molecule has 1 N–H and O–H groups in total. The molecule has 0 fully saturated rings. The van der Waals surface area contributed by atoms with Gasteiger partial charge in [0.05, 0.1) is 5.92 Å². The summed E-state index contributed by atoms with van der Waals surface area (Å²) in [5.41, 5.74) is -0.988. The number of pyridine rings is 1. The Morgan fingerprint density at radius 3 is 2.60 bits per heavy atom. The topological polar surface area (TPSA) is 50.2 Å². The summed E-state index contributed by atoms with van der Waals surface area (Å²) in [5.74, 6) is -2.15. The lowest BCUT2D eigenvalue weighted by atomic mass is 10.0. The number of carboxylic acids is 1. The highest BCUT2D eigenvalue weighted by molar-refractivity contribution is 5.75. The molecule has 1 aromatic heterocycles. The number of aromatic nitrogens is 1. The first-order chi connectivity index (χ1) is 6.82. The van der Waals surface area contributed by atoms with Gasteiger partial charge < -0.3 is 5.11 Å². The van der Waals surface area contributed by atoms with E-state index in [4.69, 9.17) is 5.11 Å². The molecule has 0 aliphatic carbocycles. The van der Waals surface area contributed by atoms with Gasteiger partial charge in [-0.05, 0) is 24.6 Å². The third-order valence-corrected chi connectivity index (χ3v) is 1.94. The Balaban J connectivity index is 3.08. The van der Waals surface area contributed by atoms with E-state index in [0.717, 1.165) is 12.3 Å². The summed E-state index contributed by atoms with van der Waals surface area (Å²) in [7, 11) is 0. The number of carboxylic acid groups (broad SMARTS) is 1. The highest BCUT2D eigenvalue weighted by Crippen LogP contribution is 2.29. The summed E-state index contributed by atoms with van der Waals surface area (Å²) in [5, 5.41) is 8.63. The number of rotatable bonds is 2. The fraction of sp³-hybridized carbons (Fsp3) is 0.333. The summed E-state index contributed by atoms with van der Waals surface area (Å²) in [6.45, 7) is 1.32. The van der Waals surface area contributed by atoms with E-state index in [1.165, 1.54) is 13.0 Å². The first-order valence-electron chi connectivity index (χ1n) is 4.08. The molecule has 0 saturated heterocycles. The Bertz CT molecular complexity index is 376. The van der Waals surface area contributed by atoms with Gasteiger partial charge in [-0.1, -0.05) is 0 Å². The molecule has 0 bridgehead atoms. The molecule has 0 saturated carbocycles. The van der Waals surface area contributed by atoms with Crippen LogP contribution in [0, 0.1) is 0 Å². The number of hydrogen-bond donors (Lipinski definition) is 1. The maximum atomic E-state index is 12.2. The quantitative estimate of drug-likeness (QED) is 0.830. The number of halogens is 3. The van der Waals surface area contributed by atoms with E-state index in [9.17, 15) is 18.0 Å². The molecule has 0 spiro atoms. The van der Waals surface area contributed by atoms with Crippen LogP contribution < -0.4 is 0 Å². The van der Waals surface area contributed by atoms with E-state index in [0.29, 0.717) is 0 Å². The summed E-state index contributed by atoms with van der Waals surface area (Å²) < 4.78 is 36.7. The maximum Gasteiger partial charge on any atom is 0.433 e. The summed E-state index contributed by atoms with van der Waals surface area (Å²) in [4.78, 5) is 13.7. The second-order valence-electron chi connectivity index (χ2n) is 3.03. The van der Waals surface area contributed by atoms with E-state index in [1.54, 1.807) is 0 Å². The van der Waals surface area contributed by atoms with E-state index >= 15 is 0 Å². The van der Waals surface area contributed by atoms with Crippen LogP contribution in [-0.4, -0.2) is 16.1 Å². The van der Waals surface area contributed by atoms with Crippen molar-refractivity contribution in [2.45, 2.75) is 19.0 Å². The second kappa shape index (κ2) is 3.88. The minimum absolute atomic E-state index is 0.0878. The fourth-order valence-corrected chi connectivity index (χ4v) is 1.01. The zero-order valence-corrected chi connectivity index (χ0v) is 7.75. The molecule has 0 aromatic carbocycles. The highest BCUT2D eigenvalue weighted by Gasteiger charge is 2.33. The van der Waals surface area contributed by atoms with Gasteiger partial charge in [0.2, 0.25) is 0 Å². The smallest absolute Gasteiger partial charge is 0.433 e. The van der Waals surface area contributed by atoms with Crippen LogP contribution in [-0.2, 0) is 11.0 Å². The molecule has 0 aliphatic heterocycles. The second-order valence-corrected chi connectivity index (χ2v) is 3.03. The van der Waals surface area contributed by atoms with Crippen molar-refractivity contribution in [2.75, 3.05) is 0 Å². The Morgan fingerprint density at radius 1 is 1.53 bits per heavy atom. The van der Waals surface area contributed by atoms with Crippen LogP contribution in [0.5, 0.6) is 0 Å². The van der Waals surface area contributed by atoms with Crippen molar-refractivity contribution in [2.24, 2.45) is 0 Å². The third kappa shape index (κ3) is 2.68. The van der Waals surface area contributed by atoms with Gasteiger partial charge in [0.25, 0.3) is 0 Å². The van der Waals surface area contributed by atoms with Crippen molar-refractivity contribution < 1.29 is 23.1 Å². The van der Waals surface area contributed by atoms with Gasteiger partial charge in [-0.15, -0.1) is 0 Å². The molecule has 1 unspecified atom stereocenters. The normalized spacial score (nSPS) is 13.6. The number of hydrogen-bond acceptors (Lipinski definition) is 2. The molecule has 1 atom stereocenters. The molecule has 15 heavy (non-hydrogen) atoms. The van der Waals surface area contributed by atoms with E-state index < -0.39 is 23.8 Å². The number of carbonyl (C=O) groups is 1. The third-order valence-electron chi connectivity index (χ3n) is 1.94. The van der Waals surface area contributed by atoms with Gasteiger partial charge in [-0.25, -0.2) is 0 Å². The zero-order chi connectivity index (χ0) is 11.6. The standard InChI is InChI=1S/C9H8F3NO2/c1-5(8(14)15)6-2-3-13-7(4-6)9(10,11)12/h2-5H,1H3,(H,14,15). The van der Waals surface area contributed by atoms with Crippen molar-refractivity contribution in [1.29, 1.82) is 0 Å². The molecule has 0 amide bonds. The minimum atomic E-state index is -4.55. The molecular formula is C9H8F3NO2. The highest BCUT2D eigenvalue weighted by atomic mass is 19.4. The molecule has 82 valence electrons. The van der Waals surface area contributed by atoms with Gasteiger partial charge in [-0.2, -0.15) is 13.2 Å². The molecule has 1 rings (SSSR count). The lowest BCUT2D eigenvalue weighted by Crippen LogP contribution is -2.12. The first kappa shape index (κ1) is 11.5. The van der Waals surface area contributed by atoms with Gasteiger partial charge in [0.1, 0.15) is 5.69 Å². The van der Waals surface area contributed by atoms with Crippen molar-refractivity contribution >= 4 is 5.97 Å². The van der Waals surface area contributed by atoms with Crippen LogP contribution in [0.25, 0.3) is 0 Å². The van der Waals surface area contributed by atoms with Gasteiger partial charge in [0.15, 0.2) is 0 Å². The van der Waals surface area contributed by atoms with Crippen LogP contribution in [0.4, 0.5) is 13.2 Å². The van der Waals surface area contributed by atoms with Crippen LogP contribution in [0.3, 0.4) is 0 Å². The van der Waals surface area contributed by atoms with Crippen molar-refractivity contribution in [3.05, 3.63) is 29.6 Å². The monoisotopic (exact) mass is 219 g/mol. The number of alkyl halides is 3. The molecule has 3 nitrogen and oxygen atoms in total. The van der Waals surface area contributed by atoms with Crippen LogP contribution in [0.1, 0.15) is 24.1 Å². The van der Waals surface area contributed by atoms with Gasteiger partial charge in [-0.3, -0.25) is 9.78 Å². The van der Waals surface area contributed by atoms with Crippen LogP contribution in [0.15, 0.2) is 18.3 Å². The SMILES string of the molecule is CC(C(=O)O)c1ccnc(C(F)(F)F)c1. The van der Waals surface area contributed by atoms with Gasteiger partial charge >= 0.3 is 12.1 Å². The lowest BCUT2D eigenvalue weighted by Gasteiger charge is -2.09. The Hall–Kier alpha value is -1.59.